The van der Waals surface area contributed by atoms with Gasteiger partial charge in [0, 0.05) is 18.8 Å². The predicted octanol–water partition coefficient (Wildman–Crippen LogP) is 3.87. The minimum atomic E-state index is -0.403. The number of Topliss-reactive ketones (excluding diaryl/α,β-unsaturated/α-hetero) is 1. The van der Waals surface area contributed by atoms with Crippen LogP contribution in [0.1, 0.15) is 65.7 Å². The monoisotopic (exact) mass is 374 g/mol. The number of hydrogen-bond donors (Lipinski definition) is 1. The number of aliphatic hydroxyl groups excluding tert-OH is 1. The van der Waals surface area contributed by atoms with Crippen LogP contribution in [0.2, 0.25) is 0 Å². The quantitative estimate of drug-likeness (QED) is 0.708. The molecule has 0 radical (unpaired) electrons. The summed E-state index contributed by atoms with van der Waals surface area (Å²) in [6, 6.07) is 0. The van der Waals surface area contributed by atoms with E-state index in [0.29, 0.717) is 36.8 Å². The van der Waals surface area contributed by atoms with E-state index in [0.717, 1.165) is 44.9 Å². The molecule has 4 nitrogen and oxygen atoms in total. The van der Waals surface area contributed by atoms with Crippen molar-refractivity contribution < 1.29 is 19.4 Å². The first-order valence-electron chi connectivity index (χ1n) is 11.0. The maximum absolute atomic E-state index is 12.3. The molecule has 4 heteroatoms. The molecule has 0 amide bonds. The molecule has 7 atom stereocenters. The van der Waals surface area contributed by atoms with Crippen molar-refractivity contribution in [1.82, 2.24) is 0 Å². The number of rotatable bonds is 1. The first-order chi connectivity index (χ1) is 12.8. The Morgan fingerprint density at radius 3 is 2.63 bits per heavy atom. The van der Waals surface area contributed by atoms with Crippen molar-refractivity contribution in [1.29, 1.82) is 0 Å². The molecule has 27 heavy (non-hydrogen) atoms. The van der Waals surface area contributed by atoms with Crippen molar-refractivity contribution >= 4 is 5.78 Å². The standard InChI is InChI=1S/C23H34O4/c1-14(24)17-6-7-18-16-5-4-15-12-23(26-10-11-27-23)9-8-21(15,2)20(16)19(25)13-22(17,18)3/h4,16-20,25H,5-13H2,1-3H3/t16-,17+,18-,19-,20+,21-,22?/m0/s1. The summed E-state index contributed by atoms with van der Waals surface area (Å²) in [5.74, 6) is 1.41. The Morgan fingerprint density at radius 2 is 1.93 bits per heavy atom. The Morgan fingerprint density at radius 1 is 1.19 bits per heavy atom. The minimum Gasteiger partial charge on any atom is -0.393 e. The van der Waals surface area contributed by atoms with Crippen LogP contribution in [0.4, 0.5) is 0 Å². The van der Waals surface area contributed by atoms with Gasteiger partial charge in [-0.2, -0.15) is 0 Å². The van der Waals surface area contributed by atoms with Gasteiger partial charge < -0.3 is 14.6 Å². The van der Waals surface area contributed by atoms with Crippen LogP contribution < -0.4 is 0 Å². The molecule has 5 aliphatic rings. The van der Waals surface area contributed by atoms with Crippen LogP contribution in [0.5, 0.6) is 0 Å². The maximum Gasteiger partial charge on any atom is 0.172 e. The third-order valence-corrected chi connectivity index (χ3v) is 9.35. The Balaban J connectivity index is 1.49. The Bertz CT molecular complexity index is 678. The van der Waals surface area contributed by atoms with E-state index in [9.17, 15) is 9.90 Å². The first kappa shape index (κ1) is 18.3. The third-order valence-electron chi connectivity index (χ3n) is 9.35. The van der Waals surface area contributed by atoms with Gasteiger partial charge in [-0.1, -0.05) is 25.5 Å². The Labute approximate surface area is 162 Å². The number of carbonyl (C=O) groups excluding carboxylic acids is 1. The number of ketones is 1. The fraction of sp³-hybridized carbons (Fsp3) is 0.870. The molecule has 1 saturated heterocycles. The van der Waals surface area contributed by atoms with E-state index in [2.05, 4.69) is 19.9 Å². The molecule has 3 saturated carbocycles. The van der Waals surface area contributed by atoms with Crippen LogP contribution in [0, 0.1) is 34.5 Å². The number of allylic oxidation sites excluding steroid dienone is 1. The Hall–Kier alpha value is -0.710. The van der Waals surface area contributed by atoms with E-state index in [4.69, 9.17) is 9.47 Å². The highest BCUT2D eigenvalue weighted by molar-refractivity contribution is 5.79. The highest BCUT2D eigenvalue weighted by Gasteiger charge is 2.63. The average molecular weight is 375 g/mol. The zero-order valence-electron chi connectivity index (χ0n) is 17.0. The van der Waals surface area contributed by atoms with Crippen molar-refractivity contribution in [2.75, 3.05) is 13.2 Å². The van der Waals surface area contributed by atoms with Crippen LogP contribution in [-0.4, -0.2) is 36.0 Å². The average Bonchev–Trinajstić information content (AvgIpc) is 3.19. The first-order valence-corrected chi connectivity index (χ1v) is 11.0. The molecule has 0 aromatic rings. The van der Waals surface area contributed by atoms with E-state index in [-0.39, 0.29) is 22.9 Å². The molecular formula is C23H34O4. The predicted molar refractivity (Wildman–Crippen MR) is 102 cm³/mol. The maximum atomic E-state index is 12.3. The van der Waals surface area contributed by atoms with E-state index in [1.165, 1.54) is 5.57 Å². The van der Waals surface area contributed by atoms with E-state index in [1.807, 2.05) is 0 Å². The smallest absolute Gasteiger partial charge is 0.172 e. The minimum absolute atomic E-state index is 0.0261. The number of ether oxygens (including phenoxy) is 2. The van der Waals surface area contributed by atoms with Crippen molar-refractivity contribution in [2.45, 2.75) is 77.6 Å². The SMILES string of the molecule is CC(=O)[C@H]1CC[C@H]2[C@@H]3CC=C4CC5(CC[C@]4(C)[C@H]3[C@@H](O)CC12C)OCCO5. The van der Waals surface area contributed by atoms with Gasteiger partial charge in [-0.25, -0.2) is 0 Å². The highest BCUT2D eigenvalue weighted by atomic mass is 16.7. The van der Waals surface area contributed by atoms with Gasteiger partial charge in [0.2, 0.25) is 0 Å². The molecule has 1 N–H and O–H groups in total. The van der Waals surface area contributed by atoms with E-state index < -0.39 is 5.79 Å². The van der Waals surface area contributed by atoms with E-state index >= 15 is 0 Å². The molecule has 1 heterocycles. The summed E-state index contributed by atoms with van der Waals surface area (Å²) >= 11 is 0. The lowest BCUT2D eigenvalue weighted by atomic mass is 9.46. The highest BCUT2D eigenvalue weighted by Crippen LogP contribution is 2.67. The number of hydrogen-bond acceptors (Lipinski definition) is 4. The molecule has 1 spiro atoms. The van der Waals surface area contributed by atoms with Gasteiger partial charge in [0.1, 0.15) is 5.78 Å². The lowest BCUT2D eigenvalue weighted by Crippen LogP contribution is -2.57. The second-order valence-electron chi connectivity index (χ2n) is 10.5. The molecule has 0 bridgehead atoms. The summed E-state index contributed by atoms with van der Waals surface area (Å²) < 4.78 is 12.0. The van der Waals surface area contributed by atoms with Gasteiger partial charge in [-0.15, -0.1) is 0 Å². The fourth-order valence-corrected chi connectivity index (χ4v) is 8.15. The van der Waals surface area contributed by atoms with Crippen molar-refractivity contribution in [3.05, 3.63) is 11.6 Å². The van der Waals surface area contributed by atoms with Crippen molar-refractivity contribution in [3.8, 4) is 0 Å². The summed E-state index contributed by atoms with van der Waals surface area (Å²) in [4.78, 5) is 12.3. The second-order valence-corrected chi connectivity index (χ2v) is 10.5. The molecule has 4 fully saturated rings. The zero-order chi connectivity index (χ0) is 19.0. The molecular weight excluding hydrogens is 340 g/mol. The molecule has 1 unspecified atom stereocenters. The fourth-order valence-electron chi connectivity index (χ4n) is 8.15. The summed E-state index contributed by atoms with van der Waals surface area (Å²) in [6.45, 7) is 7.81. The topological polar surface area (TPSA) is 55.8 Å². The summed E-state index contributed by atoms with van der Waals surface area (Å²) in [7, 11) is 0. The Kier molecular flexibility index (Phi) is 4.00. The van der Waals surface area contributed by atoms with Crippen molar-refractivity contribution in [3.63, 3.8) is 0 Å². The van der Waals surface area contributed by atoms with Crippen LogP contribution in [0.15, 0.2) is 11.6 Å². The third kappa shape index (κ3) is 2.42. The van der Waals surface area contributed by atoms with Gasteiger partial charge in [0.25, 0.3) is 0 Å². The normalized spacial score (nSPS) is 50.7. The molecule has 5 rings (SSSR count). The summed E-state index contributed by atoms with van der Waals surface area (Å²) in [5, 5.41) is 11.4. The zero-order valence-corrected chi connectivity index (χ0v) is 17.0. The lowest BCUT2D eigenvalue weighted by Gasteiger charge is -2.60. The van der Waals surface area contributed by atoms with Gasteiger partial charge in [-0.3, -0.25) is 4.79 Å². The van der Waals surface area contributed by atoms with Gasteiger partial charge in [0.15, 0.2) is 5.79 Å². The molecule has 4 aliphatic carbocycles. The molecule has 1 aliphatic heterocycles. The summed E-state index contributed by atoms with van der Waals surface area (Å²) in [6.07, 6.45) is 8.91. The summed E-state index contributed by atoms with van der Waals surface area (Å²) in [5.41, 5.74) is 1.46. The molecule has 150 valence electrons. The molecule has 0 aromatic carbocycles. The van der Waals surface area contributed by atoms with Crippen LogP contribution >= 0.6 is 0 Å². The number of fused-ring (bicyclic) bond motifs is 5. The lowest BCUT2D eigenvalue weighted by molar-refractivity contribution is -0.194. The van der Waals surface area contributed by atoms with Crippen LogP contribution in [0.3, 0.4) is 0 Å². The van der Waals surface area contributed by atoms with Gasteiger partial charge >= 0.3 is 0 Å². The van der Waals surface area contributed by atoms with Gasteiger partial charge in [0.05, 0.1) is 19.3 Å². The number of carbonyl (C=O) groups is 1. The van der Waals surface area contributed by atoms with E-state index in [1.54, 1.807) is 6.92 Å². The van der Waals surface area contributed by atoms with Gasteiger partial charge in [-0.05, 0) is 67.6 Å². The van der Waals surface area contributed by atoms with Crippen LogP contribution in [0.25, 0.3) is 0 Å². The van der Waals surface area contributed by atoms with Crippen LogP contribution in [-0.2, 0) is 14.3 Å². The molecule has 0 aromatic heterocycles. The number of aliphatic hydroxyl groups is 1. The largest absolute Gasteiger partial charge is 0.393 e. The van der Waals surface area contributed by atoms with Crippen molar-refractivity contribution in [2.24, 2.45) is 34.5 Å². The second kappa shape index (κ2) is 5.90.